The van der Waals surface area contributed by atoms with E-state index < -0.39 is 0 Å². The summed E-state index contributed by atoms with van der Waals surface area (Å²) in [4.78, 5) is 16.6. The number of hydrogen-bond donors (Lipinski definition) is 1. The summed E-state index contributed by atoms with van der Waals surface area (Å²) in [5, 5.41) is 0. The summed E-state index contributed by atoms with van der Waals surface area (Å²) in [5.41, 5.74) is 6.07. The van der Waals surface area contributed by atoms with E-state index in [0.717, 1.165) is 32.5 Å². The van der Waals surface area contributed by atoms with Gasteiger partial charge in [-0.3, -0.25) is 9.69 Å². The van der Waals surface area contributed by atoms with Gasteiger partial charge in [0.15, 0.2) is 0 Å². The van der Waals surface area contributed by atoms with Gasteiger partial charge in [0.1, 0.15) is 0 Å². The van der Waals surface area contributed by atoms with E-state index in [2.05, 4.69) is 16.7 Å². The normalized spacial score (nSPS) is 43.2. The maximum Gasteiger partial charge on any atom is 0.224 e. The van der Waals surface area contributed by atoms with Gasteiger partial charge < -0.3 is 10.6 Å². The molecule has 3 fully saturated rings. The highest BCUT2D eigenvalue weighted by Crippen LogP contribution is 2.34. The van der Waals surface area contributed by atoms with Crippen LogP contribution in [0.3, 0.4) is 0 Å². The van der Waals surface area contributed by atoms with E-state index in [0.29, 0.717) is 30.0 Å². The van der Waals surface area contributed by atoms with Gasteiger partial charge >= 0.3 is 0 Å². The molecule has 3 aliphatic heterocycles. The molecule has 0 aromatic carbocycles. The van der Waals surface area contributed by atoms with E-state index in [1.165, 1.54) is 12.8 Å². The first kappa shape index (κ1) is 11.5. The van der Waals surface area contributed by atoms with Crippen LogP contribution < -0.4 is 5.73 Å². The van der Waals surface area contributed by atoms with E-state index >= 15 is 0 Å². The predicted molar refractivity (Wildman–Crippen MR) is 66.5 cm³/mol. The van der Waals surface area contributed by atoms with Gasteiger partial charge in [0.25, 0.3) is 0 Å². The zero-order chi connectivity index (χ0) is 12.0. The molecular weight excluding hydrogens is 214 g/mol. The zero-order valence-corrected chi connectivity index (χ0v) is 10.6. The Bertz CT molecular complexity index is 320. The van der Waals surface area contributed by atoms with Crippen LogP contribution >= 0.6 is 0 Å². The highest BCUT2D eigenvalue weighted by Gasteiger charge is 2.45. The van der Waals surface area contributed by atoms with Crippen molar-refractivity contribution in [1.82, 2.24) is 9.80 Å². The molecule has 96 valence electrons. The Hall–Kier alpha value is -0.610. The number of carbonyl (C=O) groups is 1. The Balaban J connectivity index is 1.70. The standard InChI is InChI=1S/C13H23N3O/c1-9-8-15(6-4-10(9)14)12-7-13(17)16-5-2-3-11(12)16/h9-12H,2-8,14H2,1H3. The third kappa shape index (κ3) is 1.87. The quantitative estimate of drug-likeness (QED) is 0.719. The smallest absolute Gasteiger partial charge is 0.224 e. The van der Waals surface area contributed by atoms with Gasteiger partial charge in [0.05, 0.1) is 0 Å². The molecule has 3 aliphatic rings. The summed E-state index contributed by atoms with van der Waals surface area (Å²) in [7, 11) is 0. The van der Waals surface area contributed by atoms with Crippen LogP contribution in [0.15, 0.2) is 0 Å². The maximum atomic E-state index is 11.9. The third-order valence-electron chi connectivity index (χ3n) is 4.92. The molecule has 0 aromatic heterocycles. The topological polar surface area (TPSA) is 49.6 Å². The predicted octanol–water partition coefficient (Wildman–Crippen LogP) is 0.419. The SMILES string of the molecule is CC1CN(C2CC(=O)N3CCCC23)CCC1N. The van der Waals surface area contributed by atoms with Crippen LogP contribution in [0.1, 0.15) is 32.6 Å². The van der Waals surface area contributed by atoms with E-state index in [4.69, 9.17) is 5.73 Å². The summed E-state index contributed by atoms with van der Waals surface area (Å²) >= 11 is 0. The number of amides is 1. The lowest BCUT2D eigenvalue weighted by Crippen LogP contribution is -2.52. The van der Waals surface area contributed by atoms with Crippen molar-refractivity contribution in [3.63, 3.8) is 0 Å². The van der Waals surface area contributed by atoms with Crippen LogP contribution in [0.4, 0.5) is 0 Å². The van der Waals surface area contributed by atoms with Crippen LogP contribution in [0.2, 0.25) is 0 Å². The van der Waals surface area contributed by atoms with E-state index in [1.807, 2.05) is 0 Å². The van der Waals surface area contributed by atoms with Gasteiger partial charge in [0.2, 0.25) is 5.91 Å². The Labute approximate surface area is 103 Å². The van der Waals surface area contributed by atoms with Gasteiger partial charge in [-0.25, -0.2) is 0 Å². The number of rotatable bonds is 1. The van der Waals surface area contributed by atoms with Gasteiger partial charge in [-0.2, -0.15) is 0 Å². The Morgan fingerprint density at radius 3 is 2.82 bits per heavy atom. The molecule has 2 N–H and O–H groups in total. The number of carbonyl (C=O) groups excluding carboxylic acids is 1. The van der Waals surface area contributed by atoms with Crippen molar-refractivity contribution in [2.75, 3.05) is 19.6 Å². The minimum Gasteiger partial charge on any atom is -0.338 e. The molecule has 4 nitrogen and oxygen atoms in total. The molecular formula is C13H23N3O. The lowest BCUT2D eigenvalue weighted by molar-refractivity contribution is -0.127. The van der Waals surface area contributed by atoms with Crippen molar-refractivity contribution in [3.05, 3.63) is 0 Å². The number of hydrogen-bond acceptors (Lipinski definition) is 3. The highest BCUT2D eigenvalue weighted by molar-refractivity contribution is 5.80. The fraction of sp³-hybridized carbons (Fsp3) is 0.923. The highest BCUT2D eigenvalue weighted by atomic mass is 16.2. The summed E-state index contributed by atoms with van der Waals surface area (Å²) in [5.74, 6) is 0.939. The van der Waals surface area contributed by atoms with Crippen molar-refractivity contribution >= 4 is 5.91 Å². The Kier molecular flexibility index (Phi) is 2.87. The maximum absolute atomic E-state index is 11.9. The van der Waals surface area contributed by atoms with Gasteiger partial charge in [-0.1, -0.05) is 6.92 Å². The Morgan fingerprint density at radius 2 is 2.06 bits per heavy atom. The molecule has 4 heteroatoms. The minimum absolute atomic E-state index is 0.350. The average Bonchev–Trinajstić information content (AvgIpc) is 2.87. The van der Waals surface area contributed by atoms with Crippen molar-refractivity contribution in [2.45, 2.75) is 50.7 Å². The van der Waals surface area contributed by atoms with Crippen LogP contribution in [0.5, 0.6) is 0 Å². The van der Waals surface area contributed by atoms with E-state index in [9.17, 15) is 4.79 Å². The summed E-state index contributed by atoms with van der Waals surface area (Å²) in [6, 6.07) is 1.33. The number of fused-ring (bicyclic) bond motifs is 1. The second-order valence-electron chi connectivity index (χ2n) is 5.99. The lowest BCUT2D eigenvalue weighted by Gasteiger charge is -2.40. The number of likely N-dealkylation sites (tertiary alicyclic amines) is 1. The molecule has 0 radical (unpaired) electrons. The molecule has 17 heavy (non-hydrogen) atoms. The first-order chi connectivity index (χ1) is 8.16. The fourth-order valence-electron chi connectivity index (χ4n) is 3.80. The van der Waals surface area contributed by atoms with E-state index in [1.54, 1.807) is 0 Å². The van der Waals surface area contributed by atoms with E-state index in [-0.39, 0.29) is 0 Å². The third-order valence-corrected chi connectivity index (χ3v) is 4.92. The number of piperidine rings is 1. The molecule has 0 saturated carbocycles. The molecule has 0 spiro atoms. The average molecular weight is 237 g/mol. The molecule has 0 aliphatic carbocycles. The Morgan fingerprint density at radius 1 is 1.24 bits per heavy atom. The fourth-order valence-corrected chi connectivity index (χ4v) is 3.80. The first-order valence-corrected chi connectivity index (χ1v) is 6.96. The van der Waals surface area contributed by atoms with Crippen LogP contribution in [-0.4, -0.2) is 53.5 Å². The molecule has 1 amide bonds. The van der Waals surface area contributed by atoms with Crippen molar-refractivity contribution in [3.8, 4) is 0 Å². The van der Waals surface area contributed by atoms with Gasteiger partial charge in [-0.15, -0.1) is 0 Å². The lowest BCUT2D eigenvalue weighted by atomic mass is 9.92. The second kappa shape index (κ2) is 4.25. The summed E-state index contributed by atoms with van der Waals surface area (Å²) in [6.45, 7) is 5.38. The molecule has 3 heterocycles. The molecule has 0 bridgehead atoms. The van der Waals surface area contributed by atoms with Crippen LogP contribution in [0, 0.1) is 5.92 Å². The summed E-state index contributed by atoms with van der Waals surface area (Å²) in [6.07, 6.45) is 4.22. The zero-order valence-electron chi connectivity index (χ0n) is 10.6. The van der Waals surface area contributed by atoms with Crippen LogP contribution in [-0.2, 0) is 4.79 Å². The molecule has 3 rings (SSSR count). The monoisotopic (exact) mass is 237 g/mol. The number of nitrogens with zero attached hydrogens (tertiary/aromatic N) is 2. The molecule has 4 atom stereocenters. The van der Waals surface area contributed by atoms with Crippen molar-refractivity contribution < 1.29 is 4.79 Å². The van der Waals surface area contributed by atoms with Crippen LogP contribution in [0.25, 0.3) is 0 Å². The number of nitrogens with two attached hydrogens (primary N) is 1. The first-order valence-electron chi connectivity index (χ1n) is 6.96. The minimum atomic E-state index is 0.350. The molecule has 3 saturated heterocycles. The summed E-state index contributed by atoms with van der Waals surface area (Å²) < 4.78 is 0. The van der Waals surface area contributed by atoms with Crippen molar-refractivity contribution in [2.24, 2.45) is 11.7 Å². The van der Waals surface area contributed by atoms with Gasteiger partial charge in [0, 0.05) is 44.2 Å². The molecule has 4 unspecified atom stereocenters. The van der Waals surface area contributed by atoms with Gasteiger partial charge in [-0.05, 0) is 25.2 Å². The largest absolute Gasteiger partial charge is 0.338 e. The van der Waals surface area contributed by atoms with Crippen molar-refractivity contribution in [1.29, 1.82) is 0 Å². The molecule has 0 aromatic rings. The second-order valence-corrected chi connectivity index (χ2v) is 5.99.